The molecule has 0 aromatic heterocycles. The van der Waals surface area contributed by atoms with E-state index in [0.29, 0.717) is 13.1 Å². The van der Waals surface area contributed by atoms with Crippen LogP contribution >= 0.6 is 0 Å². The van der Waals surface area contributed by atoms with Crippen LogP contribution in [0.3, 0.4) is 0 Å². The number of urea groups is 1. The molecule has 2 aliphatic rings. The zero-order valence-electron chi connectivity index (χ0n) is 10.7. The average Bonchev–Trinajstić information content (AvgIpc) is 2.57. The van der Waals surface area contributed by atoms with Gasteiger partial charge in [0.2, 0.25) is 5.91 Å². The smallest absolute Gasteiger partial charge is 0.326 e. The largest absolute Gasteiger partial charge is 0.340 e. The first-order valence-corrected chi connectivity index (χ1v) is 6.05. The lowest BCUT2D eigenvalue weighted by Crippen LogP contribution is -2.48. The molecule has 2 fully saturated rings. The first-order valence-electron chi connectivity index (χ1n) is 6.05. The number of nitrogens with zero attached hydrogens (tertiary/aromatic N) is 3. The number of hydrogen-bond acceptors (Lipinski definition) is 4. The van der Waals surface area contributed by atoms with Crippen molar-refractivity contribution in [3.63, 3.8) is 0 Å². The number of amides is 4. The second-order valence-electron chi connectivity index (χ2n) is 4.64. The third kappa shape index (κ3) is 2.17. The molecule has 0 aromatic carbocycles. The molecule has 2 aliphatic heterocycles. The summed E-state index contributed by atoms with van der Waals surface area (Å²) >= 11 is 0. The molecular weight excluding hydrogens is 236 g/mol. The molecule has 2 rings (SSSR count). The van der Waals surface area contributed by atoms with Gasteiger partial charge in [-0.2, -0.15) is 0 Å². The van der Waals surface area contributed by atoms with Crippen LogP contribution in [0.2, 0.25) is 0 Å². The Labute approximate surface area is 106 Å². The highest BCUT2D eigenvalue weighted by molar-refractivity contribution is 6.05. The van der Waals surface area contributed by atoms with E-state index in [1.165, 1.54) is 11.9 Å². The van der Waals surface area contributed by atoms with Gasteiger partial charge in [-0.15, -0.1) is 0 Å². The molecule has 4 amide bonds. The monoisotopic (exact) mass is 254 g/mol. The van der Waals surface area contributed by atoms with Crippen molar-refractivity contribution in [2.24, 2.45) is 0 Å². The molecule has 18 heavy (non-hydrogen) atoms. The highest BCUT2D eigenvalue weighted by atomic mass is 16.2. The van der Waals surface area contributed by atoms with E-state index < -0.39 is 6.04 Å². The van der Waals surface area contributed by atoms with Crippen LogP contribution < -0.4 is 5.32 Å². The topological polar surface area (TPSA) is 73.0 Å². The maximum atomic E-state index is 12.0. The summed E-state index contributed by atoms with van der Waals surface area (Å²) in [6, 6.07) is -0.997. The zero-order chi connectivity index (χ0) is 13.3. The summed E-state index contributed by atoms with van der Waals surface area (Å²) in [4.78, 5) is 39.6. The second-order valence-corrected chi connectivity index (χ2v) is 4.64. The minimum Gasteiger partial charge on any atom is -0.340 e. The van der Waals surface area contributed by atoms with Gasteiger partial charge in [0.1, 0.15) is 6.04 Å². The summed E-state index contributed by atoms with van der Waals surface area (Å²) in [5, 5.41) is 3.16. The van der Waals surface area contributed by atoms with Crippen LogP contribution in [-0.4, -0.2) is 78.9 Å². The number of piperazine rings is 1. The van der Waals surface area contributed by atoms with E-state index in [9.17, 15) is 14.4 Å². The Balaban J connectivity index is 1.98. The van der Waals surface area contributed by atoms with Crippen LogP contribution in [0.25, 0.3) is 0 Å². The van der Waals surface area contributed by atoms with Gasteiger partial charge in [0, 0.05) is 40.3 Å². The Morgan fingerprint density at radius 3 is 2.39 bits per heavy atom. The number of likely N-dealkylation sites (N-methyl/N-ethyl adjacent to an activating group) is 2. The van der Waals surface area contributed by atoms with Gasteiger partial charge >= 0.3 is 6.03 Å². The van der Waals surface area contributed by atoms with Crippen molar-refractivity contribution in [2.45, 2.75) is 12.5 Å². The standard InChI is InChI=1S/C11H18N4O3/c1-13-8(10(17)14(2)11(13)18)7-9(16)15-5-3-12-4-6-15/h8,12H,3-7H2,1-2H3/t8-/m1/s1. The maximum absolute atomic E-state index is 12.0. The molecule has 0 aliphatic carbocycles. The van der Waals surface area contributed by atoms with E-state index in [2.05, 4.69) is 5.32 Å². The third-order valence-electron chi connectivity index (χ3n) is 3.51. The number of rotatable bonds is 2. The minimum atomic E-state index is -0.648. The summed E-state index contributed by atoms with van der Waals surface area (Å²) < 4.78 is 0. The second kappa shape index (κ2) is 4.93. The number of imide groups is 1. The van der Waals surface area contributed by atoms with E-state index in [1.807, 2.05) is 0 Å². The Morgan fingerprint density at radius 2 is 1.89 bits per heavy atom. The molecule has 1 N–H and O–H groups in total. The van der Waals surface area contributed by atoms with Crippen LogP contribution in [0, 0.1) is 0 Å². The molecular formula is C11H18N4O3. The number of carbonyl (C=O) groups excluding carboxylic acids is 3. The number of hydrogen-bond donors (Lipinski definition) is 1. The SMILES string of the molecule is CN1C(=O)[C@@H](CC(=O)N2CCNCC2)N(C)C1=O. The molecule has 1 atom stereocenters. The Bertz CT molecular complexity index is 378. The van der Waals surface area contributed by atoms with Gasteiger partial charge in [0.15, 0.2) is 0 Å². The Kier molecular flexibility index (Phi) is 3.51. The van der Waals surface area contributed by atoms with E-state index in [1.54, 1.807) is 11.9 Å². The molecule has 0 unspecified atom stereocenters. The lowest BCUT2D eigenvalue weighted by atomic mass is 10.1. The van der Waals surface area contributed by atoms with Crippen molar-refractivity contribution < 1.29 is 14.4 Å². The highest BCUT2D eigenvalue weighted by Gasteiger charge is 2.42. The molecule has 0 aromatic rings. The Hall–Kier alpha value is -1.63. The lowest BCUT2D eigenvalue weighted by Gasteiger charge is -2.28. The first kappa shape index (κ1) is 12.8. The molecule has 0 spiro atoms. The van der Waals surface area contributed by atoms with Gasteiger partial charge in [-0.3, -0.25) is 14.5 Å². The quantitative estimate of drug-likeness (QED) is 0.622. The van der Waals surface area contributed by atoms with Crippen molar-refractivity contribution in [1.29, 1.82) is 0 Å². The molecule has 100 valence electrons. The molecule has 7 heteroatoms. The van der Waals surface area contributed by atoms with Gasteiger partial charge in [0.05, 0.1) is 6.42 Å². The molecule has 2 heterocycles. The van der Waals surface area contributed by atoms with Crippen LogP contribution in [-0.2, 0) is 9.59 Å². The van der Waals surface area contributed by atoms with Crippen LogP contribution in [0.15, 0.2) is 0 Å². The van der Waals surface area contributed by atoms with Crippen LogP contribution in [0.5, 0.6) is 0 Å². The van der Waals surface area contributed by atoms with Crippen LogP contribution in [0.4, 0.5) is 4.79 Å². The molecule has 0 radical (unpaired) electrons. The minimum absolute atomic E-state index is 0.0650. The molecule has 0 bridgehead atoms. The van der Waals surface area contributed by atoms with E-state index in [-0.39, 0.29) is 24.3 Å². The summed E-state index contributed by atoms with van der Waals surface area (Å²) in [7, 11) is 3.00. The Morgan fingerprint density at radius 1 is 1.28 bits per heavy atom. The fourth-order valence-electron chi connectivity index (χ4n) is 2.29. The molecule has 0 saturated carbocycles. The van der Waals surface area contributed by atoms with Crippen molar-refractivity contribution >= 4 is 17.8 Å². The van der Waals surface area contributed by atoms with Gasteiger partial charge in [-0.05, 0) is 0 Å². The van der Waals surface area contributed by atoms with Crippen molar-refractivity contribution in [3.8, 4) is 0 Å². The van der Waals surface area contributed by atoms with E-state index >= 15 is 0 Å². The third-order valence-corrected chi connectivity index (χ3v) is 3.51. The van der Waals surface area contributed by atoms with Gasteiger partial charge in [0.25, 0.3) is 5.91 Å². The van der Waals surface area contributed by atoms with Crippen molar-refractivity contribution in [1.82, 2.24) is 20.0 Å². The summed E-state index contributed by atoms with van der Waals surface area (Å²) in [5.74, 6) is -0.365. The normalized spacial score (nSPS) is 25.0. The highest BCUT2D eigenvalue weighted by Crippen LogP contribution is 2.17. The van der Waals surface area contributed by atoms with Gasteiger partial charge < -0.3 is 15.1 Å². The fraction of sp³-hybridized carbons (Fsp3) is 0.727. The number of carbonyl (C=O) groups is 3. The predicted molar refractivity (Wildman–Crippen MR) is 63.8 cm³/mol. The summed E-state index contributed by atoms with van der Waals surface area (Å²) in [6.07, 6.45) is 0.0748. The van der Waals surface area contributed by atoms with Gasteiger partial charge in [-0.25, -0.2) is 4.79 Å². The molecule has 7 nitrogen and oxygen atoms in total. The van der Waals surface area contributed by atoms with E-state index in [4.69, 9.17) is 0 Å². The summed E-state index contributed by atoms with van der Waals surface area (Å²) in [5.41, 5.74) is 0. The van der Waals surface area contributed by atoms with Crippen molar-refractivity contribution in [2.75, 3.05) is 40.3 Å². The fourth-order valence-corrected chi connectivity index (χ4v) is 2.29. The molecule has 2 saturated heterocycles. The average molecular weight is 254 g/mol. The van der Waals surface area contributed by atoms with Crippen LogP contribution in [0.1, 0.15) is 6.42 Å². The lowest BCUT2D eigenvalue weighted by molar-refractivity contribution is -0.136. The zero-order valence-corrected chi connectivity index (χ0v) is 10.7. The maximum Gasteiger partial charge on any atom is 0.326 e. The first-order chi connectivity index (χ1) is 8.52. The van der Waals surface area contributed by atoms with E-state index in [0.717, 1.165) is 18.0 Å². The van der Waals surface area contributed by atoms with Crippen molar-refractivity contribution in [3.05, 3.63) is 0 Å². The number of nitrogens with one attached hydrogen (secondary N) is 1. The van der Waals surface area contributed by atoms with Gasteiger partial charge in [-0.1, -0.05) is 0 Å². The predicted octanol–water partition coefficient (Wildman–Crippen LogP) is -1.30. The summed E-state index contributed by atoms with van der Waals surface area (Å²) in [6.45, 7) is 2.87.